The van der Waals surface area contributed by atoms with Gasteiger partial charge in [-0.1, -0.05) is 6.92 Å². The minimum absolute atomic E-state index is 0.131. The van der Waals surface area contributed by atoms with Crippen molar-refractivity contribution >= 4 is 22.8 Å². The lowest BCUT2D eigenvalue weighted by Crippen LogP contribution is -2.18. The third-order valence-corrected chi connectivity index (χ3v) is 4.60. The Hall–Kier alpha value is -2.63. The maximum Gasteiger partial charge on any atom is 0.279 e. The van der Waals surface area contributed by atoms with E-state index in [0.29, 0.717) is 11.4 Å². The summed E-state index contributed by atoms with van der Waals surface area (Å²) in [6.45, 7) is 2.07. The minimum Gasteiger partial charge on any atom is -0.382 e. The van der Waals surface area contributed by atoms with Gasteiger partial charge in [-0.25, -0.2) is 4.98 Å². The predicted molar refractivity (Wildman–Crippen MR) is 88.5 cm³/mol. The van der Waals surface area contributed by atoms with E-state index < -0.39 is 0 Å². The first kappa shape index (κ1) is 14.0. The number of nitrogens with two attached hydrogens (primary N) is 1. The molecule has 0 bridgehead atoms. The average molecular weight is 309 g/mol. The number of rotatable bonds is 2. The van der Waals surface area contributed by atoms with Crippen LogP contribution >= 0.6 is 0 Å². The molecule has 23 heavy (non-hydrogen) atoms. The van der Waals surface area contributed by atoms with Crippen molar-refractivity contribution in [1.29, 1.82) is 0 Å². The number of carbonyl (C=O) groups is 1. The molecular formula is C17H19N5O. The van der Waals surface area contributed by atoms with Crippen LogP contribution in [0, 0.1) is 0 Å². The van der Waals surface area contributed by atoms with E-state index in [1.54, 1.807) is 12.3 Å². The Morgan fingerprint density at radius 3 is 3.04 bits per heavy atom. The van der Waals surface area contributed by atoms with Crippen molar-refractivity contribution in [3.63, 3.8) is 0 Å². The number of aromatic nitrogens is 4. The zero-order chi connectivity index (χ0) is 16.0. The van der Waals surface area contributed by atoms with Gasteiger partial charge in [0.2, 0.25) is 0 Å². The highest BCUT2D eigenvalue weighted by Crippen LogP contribution is 2.27. The fourth-order valence-corrected chi connectivity index (χ4v) is 3.37. The Balaban J connectivity index is 1.85. The van der Waals surface area contributed by atoms with E-state index in [9.17, 15) is 4.79 Å². The van der Waals surface area contributed by atoms with Gasteiger partial charge < -0.3 is 10.7 Å². The summed E-state index contributed by atoms with van der Waals surface area (Å²) >= 11 is 0. The van der Waals surface area contributed by atoms with Gasteiger partial charge in [0.15, 0.2) is 0 Å². The summed E-state index contributed by atoms with van der Waals surface area (Å²) < 4.78 is 1.50. The summed E-state index contributed by atoms with van der Waals surface area (Å²) in [4.78, 5) is 20.6. The van der Waals surface area contributed by atoms with Gasteiger partial charge in [-0.15, -0.1) is 5.10 Å². The van der Waals surface area contributed by atoms with Crippen LogP contribution in [0.1, 0.15) is 47.1 Å². The molecule has 1 aliphatic carbocycles. The van der Waals surface area contributed by atoms with E-state index >= 15 is 0 Å². The number of aryl methyl sites for hydroxylation is 1. The lowest BCUT2D eigenvalue weighted by molar-refractivity contribution is 0.0943. The maximum atomic E-state index is 13.0. The van der Waals surface area contributed by atoms with Crippen molar-refractivity contribution < 1.29 is 4.79 Å². The molecular weight excluding hydrogens is 290 g/mol. The number of anilines is 1. The number of hydrogen-bond donors (Lipinski definition) is 2. The van der Waals surface area contributed by atoms with Crippen LogP contribution in [0.15, 0.2) is 18.3 Å². The Bertz CT molecular complexity index is 905. The van der Waals surface area contributed by atoms with Gasteiger partial charge >= 0.3 is 0 Å². The number of carbonyl (C=O) groups excluding carboxylic acids is 1. The number of nitrogens with zero attached hydrogens (tertiary/aromatic N) is 3. The molecule has 0 saturated heterocycles. The molecule has 0 atom stereocenters. The average Bonchev–Trinajstić information content (AvgIpc) is 3.15. The summed E-state index contributed by atoms with van der Waals surface area (Å²) in [5, 5.41) is 5.16. The van der Waals surface area contributed by atoms with Crippen LogP contribution in [0.25, 0.3) is 11.0 Å². The highest BCUT2D eigenvalue weighted by molar-refractivity contribution is 6.06. The third-order valence-electron chi connectivity index (χ3n) is 4.60. The second-order valence-corrected chi connectivity index (χ2v) is 6.00. The van der Waals surface area contributed by atoms with Gasteiger partial charge in [-0.3, -0.25) is 4.79 Å². The summed E-state index contributed by atoms with van der Waals surface area (Å²) in [6, 6.07) is 3.75. The molecule has 3 heterocycles. The van der Waals surface area contributed by atoms with Gasteiger partial charge in [-0.05, 0) is 44.2 Å². The molecule has 3 N–H and O–H groups in total. The van der Waals surface area contributed by atoms with Crippen LogP contribution in [0.3, 0.4) is 0 Å². The summed E-state index contributed by atoms with van der Waals surface area (Å²) in [7, 11) is 0. The number of nitrogen functional groups attached to an aromatic ring is 1. The van der Waals surface area contributed by atoms with Crippen molar-refractivity contribution in [2.75, 3.05) is 5.73 Å². The normalized spacial score (nSPS) is 14.1. The summed E-state index contributed by atoms with van der Waals surface area (Å²) in [5.41, 5.74) is 10.4. The second-order valence-electron chi connectivity index (χ2n) is 6.00. The summed E-state index contributed by atoms with van der Waals surface area (Å²) in [5.74, 6) is 0.357. The van der Waals surface area contributed by atoms with Crippen molar-refractivity contribution in [2.45, 2.75) is 39.0 Å². The van der Waals surface area contributed by atoms with Crippen LogP contribution < -0.4 is 5.73 Å². The molecule has 0 radical (unpaired) electrons. The standard InChI is InChI=1S/C17H19N5O/c1-2-10-9-13-11(7-8-19-16(13)20-10)17(23)22-14-6-4-3-5-12(14)15(18)21-22/h7-9H,2-6H2,1H3,(H2,18,21)(H,19,20). The molecule has 118 valence electrons. The van der Waals surface area contributed by atoms with Gasteiger partial charge in [0.1, 0.15) is 11.5 Å². The first-order chi connectivity index (χ1) is 11.2. The lowest BCUT2D eigenvalue weighted by Gasteiger charge is -2.13. The maximum absolute atomic E-state index is 13.0. The highest BCUT2D eigenvalue weighted by atomic mass is 16.2. The molecule has 1 aliphatic rings. The molecule has 0 unspecified atom stereocenters. The topological polar surface area (TPSA) is 89.6 Å². The quantitative estimate of drug-likeness (QED) is 0.761. The molecule has 0 spiro atoms. The van der Waals surface area contributed by atoms with Crippen molar-refractivity contribution in [2.24, 2.45) is 0 Å². The molecule has 6 nitrogen and oxygen atoms in total. The smallest absolute Gasteiger partial charge is 0.279 e. The fraction of sp³-hybridized carbons (Fsp3) is 0.353. The van der Waals surface area contributed by atoms with Crippen LogP contribution in [0.5, 0.6) is 0 Å². The van der Waals surface area contributed by atoms with Crippen molar-refractivity contribution in [1.82, 2.24) is 19.7 Å². The first-order valence-electron chi connectivity index (χ1n) is 8.06. The number of fused-ring (bicyclic) bond motifs is 2. The van der Waals surface area contributed by atoms with Crippen LogP contribution in [-0.4, -0.2) is 25.7 Å². The monoisotopic (exact) mass is 309 g/mol. The Morgan fingerprint density at radius 1 is 1.39 bits per heavy atom. The van der Waals surface area contributed by atoms with E-state index in [0.717, 1.165) is 60.1 Å². The fourth-order valence-electron chi connectivity index (χ4n) is 3.37. The van der Waals surface area contributed by atoms with Gasteiger partial charge in [-0.2, -0.15) is 4.68 Å². The number of nitrogens with one attached hydrogen (secondary N) is 1. The molecule has 4 rings (SSSR count). The molecule has 6 heteroatoms. The highest BCUT2D eigenvalue weighted by Gasteiger charge is 2.24. The predicted octanol–water partition coefficient (Wildman–Crippen LogP) is 2.47. The molecule has 0 fully saturated rings. The zero-order valence-corrected chi connectivity index (χ0v) is 13.1. The van der Waals surface area contributed by atoms with Gasteiger partial charge in [0.05, 0.1) is 11.3 Å². The third kappa shape index (κ3) is 2.13. The molecule has 0 aromatic carbocycles. The Kier molecular flexibility index (Phi) is 3.18. The Labute approximate surface area is 133 Å². The minimum atomic E-state index is -0.131. The van der Waals surface area contributed by atoms with Crippen LogP contribution in [0.4, 0.5) is 5.82 Å². The molecule has 3 aromatic heterocycles. The second kappa shape index (κ2) is 5.22. The van der Waals surface area contributed by atoms with E-state index in [4.69, 9.17) is 5.73 Å². The SMILES string of the molecule is CCc1cc2c(C(=O)n3nc(N)c4c3CCCC4)ccnc2[nH]1. The molecule has 0 saturated carbocycles. The van der Waals surface area contributed by atoms with Crippen LogP contribution in [0.2, 0.25) is 0 Å². The number of H-pyrrole nitrogens is 1. The Morgan fingerprint density at radius 2 is 2.22 bits per heavy atom. The lowest BCUT2D eigenvalue weighted by atomic mass is 9.97. The molecule has 3 aromatic rings. The van der Waals surface area contributed by atoms with E-state index in [-0.39, 0.29) is 5.91 Å². The largest absolute Gasteiger partial charge is 0.382 e. The van der Waals surface area contributed by atoms with E-state index in [2.05, 4.69) is 22.0 Å². The van der Waals surface area contributed by atoms with Gasteiger partial charge in [0, 0.05) is 22.8 Å². The van der Waals surface area contributed by atoms with E-state index in [1.807, 2.05) is 6.07 Å². The number of hydrogen-bond acceptors (Lipinski definition) is 4. The van der Waals surface area contributed by atoms with E-state index in [1.165, 1.54) is 4.68 Å². The molecule has 0 aliphatic heterocycles. The first-order valence-corrected chi connectivity index (χ1v) is 8.06. The van der Waals surface area contributed by atoms with Crippen molar-refractivity contribution in [3.05, 3.63) is 40.8 Å². The molecule has 0 amide bonds. The number of aromatic amines is 1. The number of pyridine rings is 1. The summed E-state index contributed by atoms with van der Waals surface area (Å²) in [6.07, 6.45) is 6.46. The van der Waals surface area contributed by atoms with Crippen molar-refractivity contribution in [3.8, 4) is 0 Å². The van der Waals surface area contributed by atoms with Gasteiger partial charge in [0.25, 0.3) is 5.91 Å². The zero-order valence-electron chi connectivity index (χ0n) is 13.1. The van der Waals surface area contributed by atoms with Crippen LogP contribution in [-0.2, 0) is 19.3 Å².